The first-order chi connectivity index (χ1) is 22.0. The Morgan fingerprint density at radius 2 is 0.956 bits per heavy atom. The van der Waals surface area contributed by atoms with Gasteiger partial charge in [-0.15, -0.1) is 0 Å². The molecule has 0 bridgehead atoms. The molecule has 4 rings (SSSR count). The molecule has 8 heteroatoms. The van der Waals surface area contributed by atoms with Crippen LogP contribution in [-0.4, -0.2) is 56.8 Å². The van der Waals surface area contributed by atoms with Gasteiger partial charge in [-0.05, 0) is 0 Å². The summed E-state index contributed by atoms with van der Waals surface area (Å²) in [5.74, 6) is 0. The quantitative estimate of drug-likeness (QED) is 0.0740. The van der Waals surface area contributed by atoms with Crippen LogP contribution in [0.4, 0.5) is 0 Å². The first-order valence-corrected chi connectivity index (χ1v) is 35.0. The molecular weight excluding hydrogens is 802 g/mol. The van der Waals surface area contributed by atoms with Crippen molar-refractivity contribution >= 4 is 70.9 Å². The molecular formula is C37H60N4S2Sn2. The van der Waals surface area contributed by atoms with Crippen molar-refractivity contribution in [3.8, 4) is 21.0 Å². The van der Waals surface area contributed by atoms with Gasteiger partial charge in [-0.3, -0.25) is 0 Å². The van der Waals surface area contributed by atoms with Gasteiger partial charge in [0.2, 0.25) is 0 Å². The Kier molecular flexibility index (Phi) is 15.7. The van der Waals surface area contributed by atoms with E-state index in [2.05, 4.69) is 116 Å². The van der Waals surface area contributed by atoms with E-state index in [4.69, 9.17) is 0 Å². The Labute approximate surface area is 291 Å². The van der Waals surface area contributed by atoms with Crippen molar-refractivity contribution in [1.29, 1.82) is 0 Å². The topological polar surface area (TPSA) is 43.1 Å². The predicted octanol–water partition coefficient (Wildman–Crippen LogP) is 11.7. The van der Waals surface area contributed by atoms with E-state index in [9.17, 15) is 0 Å². The molecule has 0 saturated heterocycles. The van der Waals surface area contributed by atoms with Crippen LogP contribution in [0.1, 0.15) is 119 Å². The summed E-state index contributed by atoms with van der Waals surface area (Å²) in [5.41, 5.74) is 3.25. The third-order valence-corrected chi connectivity index (χ3v) is 48.9. The van der Waals surface area contributed by atoms with E-state index < -0.39 is 36.8 Å². The summed E-state index contributed by atoms with van der Waals surface area (Å²) in [5, 5.41) is 13.4. The number of pyridine rings is 1. The molecule has 0 radical (unpaired) electrons. The number of unbranched alkanes of at least 4 members (excludes halogenated alkanes) is 6. The van der Waals surface area contributed by atoms with E-state index in [-0.39, 0.29) is 0 Å². The fourth-order valence-electron chi connectivity index (χ4n) is 7.31. The minimum atomic E-state index is -2.48. The van der Waals surface area contributed by atoms with Gasteiger partial charge < -0.3 is 0 Å². The number of hydrogen-bond acceptors (Lipinski definition) is 5. The van der Waals surface area contributed by atoms with Crippen LogP contribution in [0.5, 0.6) is 0 Å². The average molecular weight is 862 g/mol. The van der Waals surface area contributed by atoms with Crippen molar-refractivity contribution in [2.75, 3.05) is 0 Å². The maximum absolute atomic E-state index is 4.62. The SMILES string of the molecule is CCC[CH2][Sn]([CH2]CCC)([CH2]CCC)[c]1ccc(-c2ccc(-c3cc[c]([Sn]([CH2]CCC)([CH2]CCC)[CH2]CCC)s3)n3nnnc23)s1. The zero-order valence-corrected chi connectivity index (χ0v) is 36.6. The molecule has 4 nitrogen and oxygen atoms in total. The molecule has 0 aliphatic heterocycles. The number of tetrazole rings is 1. The van der Waals surface area contributed by atoms with Gasteiger partial charge in [-0.1, -0.05) is 0 Å². The zero-order valence-electron chi connectivity index (χ0n) is 29.3. The van der Waals surface area contributed by atoms with Crippen LogP contribution in [0.15, 0.2) is 36.4 Å². The molecule has 0 aromatic carbocycles. The fourth-order valence-corrected chi connectivity index (χ4v) is 47.6. The summed E-state index contributed by atoms with van der Waals surface area (Å²) >= 11 is -0.788. The molecule has 4 aromatic heterocycles. The molecule has 0 fully saturated rings. The zero-order chi connectivity index (χ0) is 32.1. The van der Waals surface area contributed by atoms with Crippen LogP contribution in [-0.2, 0) is 0 Å². The van der Waals surface area contributed by atoms with Gasteiger partial charge in [0.05, 0.1) is 0 Å². The van der Waals surface area contributed by atoms with E-state index in [1.54, 1.807) is 5.79 Å². The van der Waals surface area contributed by atoms with Crippen molar-refractivity contribution in [3.05, 3.63) is 36.4 Å². The summed E-state index contributed by atoms with van der Waals surface area (Å²) in [6.45, 7) is 14.2. The second-order valence-electron chi connectivity index (χ2n) is 13.6. The number of thiophene rings is 2. The number of aromatic nitrogens is 4. The number of rotatable bonds is 22. The van der Waals surface area contributed by atoms with Crippen LogP contribution in [0.25, 0.3) is 26.7 Å². The normalized spacial score (nSPS) is 12.5. The molecule has 4 aromatic rings. The van der Waals surface area contributed by atoms with Crippen molar-refractivity contribution in [2.24, 2.45) is 0 Å². The summed E-state index contributed by atoms with van der Waals surface area (Å²) < 4.78 is 14.6. The maximum atomic E-state index is 4.62. The molecule has 0 aliphatic rings. The number of nitrogens with zero attached hydrogens (tertiary/aromatic N) is 4. The molecule has 45 heavy (non-hydrogen) atoms. The molecule has 0 amide bonds. The van der Waals surface area contributed by atoms with E-state index in [1.807, 2.05) is 4.52 Å². The summed E-state index contributed by atoms with van der Waals surface area (Å²) in [6.07, 6.45) is 16.3. The third kappa shape index (κ3) is 9.17. The van der Waals surface area contributed by atoms with Crippen LogP contribution in [0.2, 0.25) is 26.6 Å². The Hall–Kier alpha value is -0.453. The van der Waals surface area contributed by atoms with Gasteiger partial charge >= 0.3 is 294 Å². The van der Waals surface area contributed by atoms with E-state index in [0.717, 1.165) is 11.3 Å². The van der Waals surface area contributed by atoms with Gasteiger partial charge in [0.15, 0.2) is 0 Å². The summed E-state index contributed by atoms with van der Waals surface area (Å²) in [6, 6.07) is 14.5. The Morgan fingerprint density at radius 3 is 1.40 bits per heavy atom. The summed E-state index contributed by atoms with van der Waals surface area (Å²) in [4.78, 5) is 2.68. The Balaban J connectivity index is 1.71. The Morgan fingerprint density at radius 1 is 0.533 bits per heavy atom. The molecule has 248 valence electrons. The van der Waals surface area contributed by atoms with Gasteiger partial charge in [-0.2, -0.15) is 0 Å². The molecule has 0 atom stereocenters. The monoisotopic (exact) mass is 864 g/mol. The van der Waals surface area contributed by atoms with Crippen LogP contribution in [0, 0.1) is 0 Å². The molecule has 0 unspecified atom stereocenters. The van der Waals surface area contributed by atoms with Gasteiger partial charge in [0.1, 0.15) is 0 Å². The second kappa shape index (κ2) is 18.9. The van der Waals surface area contributed by atoms with Crippen molar-refractivity contribution in [3.63, 3.8) is 0 Å². The standard InChI is InChI=1S/C13H6N4S2.6C4H9.2Sn/c1-3-11(18-7-1)9-5-6-10(12-4-2-8-19-12)17-13(9)14-15-16-17;6*1-3-4-2;;/h1-6H;6*1,3-4H2,2H3;;. The molecule has 0 N–H and O–H groups in total. The van der Waals surface area contributed by atoms with Gasteiger partial charge in [0, 0.05) is 0 Å². The first-order valence-electron chi connectivity index (χ1n) is 18.4. The predicted molar refractivity (Wildman–Crippen MR) is 206 cm³/mol. The second-order valence-corrected chi connectivity index (χ2v) is 44.0. The molecule has 0 aliphatic carbocycles. The van der Waals surface area contributed by atoms with E-state index in [1.165, 1.54) is 119 Å². The first kappa shape index (κ1) is 37.4. The molecule has 0 spiro atoms. The van der Waals surface area contributed by atoms with Crippen LogP contribution >= 0.6 is 22.7 Å². The van der Waals surface area contributed by atoms with Crippen molar-refractivity contribution < 1.29 is 0 Å². The number of hydrogen-bond donors (Lipinski definition) is 0. The number of fused-ring (bicyclic) bond motifs is 1. The van der Waals surface area contributed by atoms with E-state index >= 15 is 0 Å². The van der Waals surface area contributed by atoms with Gasteiger partial charge in [0.25, 0.3) is 0 Å². The van der Waals surface area contributed by atoms with Gasteiger partial charge in [-0.25, -0.2) is 0 Å². The van der Waals surface area contributed by atoms with Crippen LogP contribution < -0.4 is 5.79 Å². The summed E-state index contributed by atoms with van der Waals surface area (Å²) in [7, 11) is 0. The van der Waals surface area contributed by atoms with Crippen molar-refractivity contribution in [1.82, 2.24) is 20.0 Å². The third-order valence-electron chi connectivity index (χ3n) is 10.2. The fraction of sp³-hybridized carbons (Fsp3) is 0.649. The Bertz CT molecular complexity index is 1280. The average Bonchev–Trinajstić information content (AvgIpc) is 3.86. The van der Waals surface area contributed by atoms with Crippen molar-refractivity contribution in [2.45, 2.75) is 145 Å². The van der Waals surface area contributed by atoms with Crippen LogP contribution in [0.3, 0.4) is 0 Å². The molecule has 0 saturated carbocycles. The minimum absolute atomic E-state index is 0.907. The molecule has 4 heterocycles. The van der Waals surface area contributed by atoms with E-state index in [0.29, 0.717) is 0 Å².